The summed E-state index contributed by atoms with van der Waals surface area (Å²) in [6, 6.07) is 63.1. The minimum absolute atomic E-state index is 0.590. The number of nitriles is 2. The minimum atomic E-state index is 0.590. The van der Waals surface area contributed by atoms with Crippen LogP contribution in [0.4, 0.5) is 0 Å². The van der Waals surface area contributed by atoms with Gasteiger partial charge in [-0.3, -0.25) is 0 Å². The van der Waals surface area contributed by atoms with Crippen molar-refractivity contribution < 1.29 is 8.83 Å². The van der Waals surface area contributed by atoms with Gasteiger partial charge in [-0.2, -0.15) is 10.5 Å². The van der Waals surface area contributed by atoms with Crippen LogP contribution in [-0.2, 0) is 0 Å². The average molecular weight is 819 g/mol. The van der Waals surface area contributed by atoms with Crippen molar-refractivity contribution in [3.63, 3.8) is 0 Å². The van der Waals surface area contributed by atoms with Crippen molar-refractivity contribution in [1.82, 2.24) is 9.13 Å². The molecule has 6 nitrogen and oxygen atoms in total. The van der Waals surface area contributed by atoms with Gasteiger partial charge in [-0.25, -0.2) is 0 Å². The van der Waals surface area contributed by atoms with Crippen molar-refractivity contribution in [2.24, 2.45) is 0 Å². The van der Waals surface area contributed by atoms with Crippen LogP contribution >= 0.6 is 0 Å². The van der Waals surface area contributed by atoms with E-state index in [1.54, 1.807) is 0 Å². The zero-order valence-corrected chi connectivity index (χ0v) is 34.8. The number of hydrogen-bond acceptors (Lipinski definition) is 4. The van der Waals surface area contributed by atoms with Gasteiger partial charge in [-0.05, 0) is 109 Å². The lowest BCUT2D eigenvalue weighted by atomic mass is 9.86. The van der Waals surface area contributed by atoms with Crippen molar-refractivity contribution in [2.75, 3.05) is 0 Å². The Bertz CT molecular complexity index is 4130. The van der Waals surface area contributed by atoms with E-state index in [1.807, 2.05) is 48.5 Å². The van der Waals surface area contributed by atoms with Crippen molar-refractivity contribution in [3.05, 3.63) is 192 Å². The molecule has 13 rings (SSSR count). The molecule has 0 N–H and O–H groups in total. The predicted octanol–water partition coefficient (Wildman–Crippen LogP) is 15.4. The molecule has 64 heavy (non-hydrogen) atoms. The van der Waals surface area contributed by atoms with Gasteiger partial charge in [-0.1, -0.05) is 97.1 Å². The van der Waals surface area contributed by atoms with Gasteiger partial charge in [0.1, 0.15) is 22.3 Å². The van der Waals surface area contributed by atoms with Gasteiger partial charge in [0.15, 0.2) is 0 Å². The van der Waals surface area contributed by atoms with Crippen LogP contribution in [0.15, 0.2) is 179 Å². The number of para-hydroxylation sites is 4. The Balaban J connectivity index is 1.26. The summed E-state index contributed by atoms with van der Waals surface area (Å²) >= 11 is 0. The first-order valence-electron chi connectivity index (χ1n) is 21.4. The van der Waals surface area contributed by atoms with Gasteiger partial charge in [0.05, 0.1) is 56.7 Å². The molecule has 0 saturated carbocycles. The number of fused-ring (bicyclic) bond motifs is 14. The van der Waals surface area contributed by atoms with Crippen LogP contribution in [0.2, 0.25) is 0 Å². The molecule has 0 atom stereocenters. The molecule has 0 aliphatic rings. The maximum absolute atomic E-state index is 10.0. The monoisotopic (exact) mass is 818 g/mol. The molecule has 0 amide bonds. The molecule has 0 unspecified atom stereocenters. The van der Waals surface area contributed by atoms with Gasteiger partial charge in [0.25, 0.3) is 0 Å². The highest BCUT2D eigenvalue weighted by Gasteiger charge is 2.30. The molecule has 0 spiro atoms. The van der Waals surface area contributed by atoms with Gasteiger partial charge < -0.3 is 18.0 Å². The van der Waals surface area contributed by atoms with E-state index in [0.29, 0.717) is 11.1 Å². The number of aromatic nitrogens is 2. The van der Waals surface area contributed by atoms with Crippen LogP contribution in [0, 0.1) is 36.5 Å². The van der Waals surface area contributed by atoms with Gasteiger partial charge in [0, 0.05) is 54.2 Å². The summed E-state index contributed by atoms with van der Waals surface area (Å²) < 4.78 is 17.8. The molecule has 6 heteroatoms. The molecule has 9 aromatic carbocycles. The average Bonchev–Trinajstić information content (AvgIpc) is 4.09. The molecular formula is C58H34N4O2. The number of furan rings is 2. The third-order valence-electron chi connectivity index (χ3n) is 13.3. The van der Waals surface area contributed by atoms with Crippen LogP contribution in [0.1, 0.15) is 22.3 Å². The van der Waals surface area contributed by atoms with E-state index in [4.69, 9.17) is 8.83 Å². The maximum Gasteiger partial charge on any atom is 0.136 e. The zero-order valence-electron chi connectivity index (χ0n) is 34.8. The fourth-order valence-electron chi connectivity index (χ4n) is 10.7. The van der Waals surface area contributed by atoms with E-state index in [1.165, 1.54) is 0 Å². The van der Waals surface area contributed by atoms with E-state index < -0.39 is 0 Å². The molecule has 4 aromatic heterocycles. The summed E-state index contributed by atoms with van der Waals surface area (Å²) in [5, 5.41) is 28.9. The maximum atomic E-state index is 10.0. The summed E-state index contributed by atoms with van der Waals surface area (Å²) in [7, 11) is 0. The Kier molecular flexibility index (Phi) is 7.47. The molecule has 4 heterocycles. The second kappa shape index (κ2) is 13.3. The third kappa shape index (κ3) is 4.82. The summed E-state index contributed by atoms with van der Waals surface area (Å²) in [4.78, 5) is 0. The third-order valence-corrected chi connectivity index (χ3v) is 13.3. The summed E-state index contributed by atoms with van der Waals surface area (Å²) in [6.45, 7) is 4.48. The van der Waals surface area contributed by atoms with Crippen LogP contribution < -0.4 is 0 Å². The molecule has 0 fully saturated rings. The van der Waals surface area contributed by atoms with E-state index in [9.17, 15) is 10.5 Å². The lowest BCUT2D eigenvalue weighted by Gasteiger charge is -2.27. The van der Waals surface area contributed by atoms with E-state index in [2.05, 4.69) is 156 Å². The highest BCUT2D eigenvalue weighted by molar-refractivity contribution is 6.29. The number of benzene rings is 9. The number of rotatable bonds is 4. The lowest BCUT2D eigenvalue weighted by molar-refractivity contribution is 0.669. The van der Waals surface area contributed by atoms with Crippen LogP contribution in [0.25, 0.3) is 121 Å². The van der Waals surface area contributed by atoms with Crippen LogP contribution in [-0.4, -0.2) is 9.13 Å². The molecule has 0 radical (unpaired) electrons. The summed E-state index contributed by atoms with van der Waals surface area (Å²) in [5.41, 5.74) is 17.1. The number of hydrogen-bond donors (Lipinski definition) is 0. The Morgan fingerprint density at radius 3 is 1.19 bits per heavy atom. The summed E-state index contributed by atoms with van der Waals surface area (Å²) in [6.07, 6.45) is 0. The summed E-state index contributed by atoms with van der Waals surface area (Å²) in [5.74, 6) is 0. The van der Waals surface area contributed by atoms with Crippen molar-refractivity contribution >= 4 is 87.5 Å². The van der Waals surface area contributed by atoms with Crippen LogP contribution in [0.5, 0.6) is 0 Å². The fourth-order valence-corrected chi connectivity index (χ4v) is 10.7. The lowest BCUT2D eigenvalue weighted by Crippen LogP contribution is -2.10. The Morgan fingerprint density at radius 2 is 0.750 bits per heavy atom. The first-order valence-corrected chi connectivity index (χ1v) is 21.4. The quantitative estimate of drug-likeness (QED) is 0.177. The Labute approximate surface area is 366 Å². The molecule has 0 aliphatic carbocycles. The van der Waals surface area contributed by atoms with Gasteiger partial charge in [0.2, 0.25) is 0 Å². The molecular weight excluding hydrogens is 785 g/mol. The normalized spacial score (nSPS) is 11.9. The Morgan fingerprint density at radius 1 is 0.359 bits per heavy atom. The second-order valence-electron chi connectivity index (χ2n) is 16.6. The zero-order chi connectivity index (χ0) is 42.8. The van der Waals surface area contributed by atoms with Gasteiger partial charge >= 0.3 is 0 Å². The predicted molar refractivity (Wildman–Crippen MR) is 259 cm³/mol. The first kappa shape index (κ1) is 35.9. The molecule has 0 bridgehead atoms. The highest BCUT2D eigenvalue weighted by atomic mass is 16.3. The smallest absolute Gasteiger partial charge is 0.136 e. The van der Waals surface area contributed by atoms with Crippen LogP contribution in [0.3, 0.4) is 0 Å². The number of nitrogens with zero attached hydrogens (tertiary/aromatic N) is 4. The van der Waals surface area contributed by atoms with Crippen molar-refractivity contribution in [1.29, 1.82) is 10.5 Å². The standard InChI is InChI=1S/C58H34N4O2/c1-33-51(37-23-19-35(31-59)20-24-37)58(62-44-16-8-4-12-40(44)54-46(62)28-30-50-56(54)42-14-6-10-18-48(42)64-50)52(38-25-21-36(32-60)22-26-38)34(2)57(33)61-43-15-7-3-11-39(43)53-45(61)27-29-49-55(53)41-13-5-9-17-47(41)63-49/h3-30H,1-2H3. The molecule has 0 aliphatic heterocycles. The Hall–Kier alpha value is -8.84. The fraction of sp³-hybridized carbons (Fsp3) is 0.0345. The largest absolute Gasteiger partial charge is 0.456 e. The van der Waals surface area contributed by atoms with E-state index in [-0.39, 0.29) is 0 Å². The topological polar surface area (TPSA) is 83.7 Å². The minimum Gasteiger partial charge on any atom is -0.456 e. The molecule has 13 aromatic rings. The van der Waals surface area contributed by atoms with E-state index in [0.717, 1.165) is 132 Å². The highest BCUT2D eigenvalue weighted by Crippen LogP contribution is 2.51. The first-order chi connectivity index (χ1) is 31.5. The molecule has 298 valence electrons. The SMILES string of the molecule is Cc1c(-c2ccc(C#N)cc2)c(-n2c3ccccc3c3c4c(ccc32)oc2ccccc24)c(-c2ccc(C#N)cc2)c(C)c1-n1c2ccccc2c2c3c(ccc21)oc1ccccc13. The van der Waals surface area contributed by atoms with Gasteiger partial charge in [-0.15, -0.1) is 0 Å². The van der Waals surface area contributed by atoms with Crippen molar-refractivity contribution in [2.45, 2.75) is 13.8 Å². The van der Waals surface area contributed by atoms with E-state index >= 15 is 0 Å². The molecule has 0 saturated heterocycles. The second-order valence-corrected chi connectivity index (χ2v) is 16.6. The van der Waals surface area contributed by atoms with Crippen molar-refractivity contribution in [3.8, 4) is 45.8 Å².